The van der Waals surface area contributed by atoms with Gasteiger partial charge in [0.25, 0.3) is 0 Å². The molecule has 0 aromatic heterocycles. The topological polar surface area (TPSA) is 66.5 Å². The van der Waals surface area contributed by atoms with Crippen LogP contribution in [0, 0.1) is 56.7 Å². The van der Waals surface area contributed by atoms with E-state index < -0.39 is 0 Å². The maximum absolute atomic E-state index is 10.7. The molecule has 0 heterocycles. The Kier molecular flexibility index (Phi) is 5.99. The van der Waals surface area contributed by atoms with Crippen molar-refractivity contribution in [3.05, 3.63) is 12.2 Å². The molecule has 0 spiro atoms. The average molecular weight is 472 g/mol. The van der Waals surface area contributed by atoms with Crippen LogP contribution in [0.15, 0.2) is 12.2 Å². The second kappa shape index (κ2) is 8.06. The van der Waals surface area contributed by atoms with Crippen LogP contribution in [-0.4, -0.2) is 29.5 Å². The minimum absolute atomic E-state index is 0.117. The second-order valence-corrected chi connectivity index (χ2v) is 14.7. The Morgan fingerprint density at radius 3 is 2.21 bits per heavy atom. The van der Waals surface area contributed by atoms with Gasteiger partial charge in [-0.15, -0.1) is 0 Å². The summed E-state index contributed by atoms with van der Waals surface area (Å²) in [7, 11) is 0. The van der Waals surface area contributed by atoms with Crippen molar-refractivity contribution >= 4 is 0 Å². The molecule has 11 atom stereocenters. The van der Waals surface area contributed by atoms with E-state index in [1.165, 1.54) is 63.4 Å². The molecule has 34 heavy (non-hydrogen) atoms. The molecule has 3 nitrogen and oxygen atoms in total. The molecule has 0 saturated heterocycles. The van der Waals surface area contributed by atoms with E-state index in [0.717, 1.165) is 12.8 Å². The third-order valence-electron chi connectivity index (χ3n) is 14.1. The van der Waals surface area contributed by atoms with Crippen molar-refractivity contribution in [1.82, 2.24) is 0 Å². The first-order chi connectivity index (χ1) is 16.0. The van der Waals surface area contributed by atoms with Gasteiger partial charge < -0.3 is 15.9 Å². The Balaban J connectivity index is 1.54. The molecule has 4 N–H and O–H groups in total. The predicted octanol–water partition coefficient (Wildman–Crippen LogP) is 6.33. The van der Waals surface area contributed by atoms with Crippen molar-refractivity contribution in [2.45, 2.75) is 111 Å². The van der Waals surface area contributed by atoms with Crippen LogP contribution in [0.1, 0.15) is 105 Å². The van der Waals surface area contributed by atoms with Gasteiger partial charge in [0.2, 0.25) is 0 Å². The van der Waals surface area contributed by atoms with Gasteiger partial charge in [0.15, 0.2) is 0 Å². The lowest BCUT2D eigenvalue weighted by Crippen LogP contribution is -2.68. The van der Waals surface area contributed by atoms with E-state index in [1.54, 1.807) is 0 Å². The molecule has 0 aromatic rings. The quantitative estimate of drug-likeness (QED) is 0.420. The SMILES string of the molecule is C=C(CC)[C@@H]1CC[C@]2(CO)CC[C@]3(C)[C@H](CC[C@@H]4[C@@]5(C)CCC(N)C(C)(CO)[C@@H]5CC[C@]43C)[C@@H]12. The lowest BCUT2D eigenvalue weighted by atomic mass is 9.32. The highest BCUT2D eigenvalue weighted by atomic mass is 16.3. The fraction of sp³-hybridized carbons (Fsp3) is 0.935. The van der Waals surface area contributed by atoms with Crippen molar-refractivity contribution in [1.29, 1.82) is 0 Å². The Hall–Kier alpha value is -0.380. The third-order valence-corrected chi connectivity index (χ3v) is 14.1. The predicted molar refractivity (Wildman–Crippen MR) is 140 cm³/mol. The van der Waals surface area contributed by atoms with E-state index in [9.17, 15) is 10.2 Å². The Labute approximate surface area is 209 Å². The molecule has 194 valence electrons. The molecule has 0 aromatic carbocycles. The fourth-order valence-corrected chi connectivity index (χ4v) is 11.8. The van der Waals surface area contributed by atoms with Gasteiger partial charge in [-0.25, -0.2) is 0 Å². The maximum atomic E-state index is 10.7. The number of hydrogen-bond acceptors (Lipinski definition) is 3. The second-order valence-electron chi connectivity index (χ2n) is 14.7. The van der Waals surface area contributed by atoms with Crippen molar-refractivity contribution in [3.63, 3.8) is 0 Å². The molecule has 0 radical (unpaired) electrons. The number of aliphatic hydroxyl groups is 2. The molecular formula is C31H53NO2. The smallest absolute Gasteiger partial charge is 0.0502 e. The zero-order valence-corrected chi connectivity index (χ0v) is 22.8. The molecule has 0 aliphatic heterocycles. The van der Waals surface area contributed by atoms with Crippen LogP contribution >= 0.6 is 0 Å². The van der Waals surface area contributed by atoms with E-state index >= 15 is 0 Å². The van der Waals surface area contributed by atoms with E-state index in [-0.39, 0.29) is 28.9 Å². The summed E-state index contributed by atoms with van der Waals surface area (Å²) in [6, 6.07) is 0.117. The summed E-state index contributed by atoms with van der Waals surface area (Å²) in [4.78, 5) is 0. The minimum atomic E-state index is -0.153. The van der Waals surface area contributed by atoms with Gasteiger partial charge >= 0.3 is 0 Å². The van der Waals surface area contributed by atoms with Gasteiger partial charge in [0, 0.05) is 18.1 Å². The molecule has 5 rings (SSSR count). The lowest BCUT2D eigenvalue weighted by Gasteiger charge is -2.73. The van der Waals surface area contributed by atoms with Gasteiger partial charge in [-0.05, 0) is 122 Å². The number of fused-ring (bicyclic) bond motifs is 7. The van der Waals surface area contributed by atoms with Crippen molar-refractivity contribution in [2.24, 2.45) is 62.4 Å². The molecule has 2 unspecified atom stereocenters. The largest absolute Gasteiger partial charge is 0.396 e. The Bertz CT molecular complexity index is 826. The summed E-state index contributed by atoms with van der Waals surface area (Å²) in [6.45, 7) is 17.6. The summed E-state index contributed by atoms with van der Waals surface area (Å²) in [5.41, 5.74) is 9.00. The van der Waals surface area contributed by atoms with Crippen LogP contribution in [-0.2, 0) is 0 Å². The number of hydrogen-bond donors (Lipinski definition) is 3. The van der Waals surface area contributed by atoms with E-state index in [0.29, 0.717) is 47.0 Å². The normalized spacial score (nSPS) is 56.7. The fourth-order valence-electron chi connectivity index (χ4n) is 11.8. The van der Waals surface area contributed by atoms with Crippen LogP contribution in [0.5, 0.6) is 0 Å². The van der Waals surface area contributed by atoms with E-state index in [4.69, 9.17) is 5.73 Å². The molecule has 5 aliphatic rings. The van der Waals surface area contributed by atoms with Crippen LogP contribution in [0.2, 0.25) is 0 Å². The summed E-state index contributed by atoms with van der Waals surface area (Å²) in [5.74, 6) is 3.12. The maximum Gasteiger partial charge on any atom is 0.0502 e. The first kappa shape index (κ1) is 25.3. The minimum Gasteiger partial charge on any atom is -0.396 e. The average Bonchev–Trinajstić information content (AvgIpc) is 3.22. The highest BCUT2D eigenvalue weighted by Gasteiger charge is 2.71. The molecule has 5 aliphatic carbocycles. The monoisotopic (exact) mass is 471 g/mol. The highest BCUT2D eigenvalue weighted by Crippen LogP contribution is 2.77. The van der Waals surface area contributed by atoms with Crippen LogP contribution in [0.3, 0.4) is 0 Å². The van der Waals surface area contributed by atoms with Gasteiger partial charge in [-0.1, -0.05) is 46.8 Å². The standard InChI is InChI=1S/C31H53NO2/c1-7-20(2)21-10-15-31(19-34)17-16-29(5)22(26(21)31)8-9-24-27(3)13-12-25(32)28(4,18-33)23(27)11-14-30(24,29)6/h21-26,33-34H,2,7-19,32H2,1,3-6H3/t21-,22+,23+,24+,25?,26+,27-,28?,29+,30+,31+/m0/s1. The molecule has 0 amide bonds. The first-order valence-corrected chi connectivity index (χ1v) is 14.6. The first-order valence-electron chi connectivity index (χ1n) is 14.6. The summed E-state index contributed by atoms with van der Waals surface area (Å²) in [5, 5.41) is 21.3. The van der Waals surface area contributed by atoms with Gasteiger partial charge in [-0.3, -0.25) is 0 Å². The molecule has 0 bridgehead atoms. The number of allylic oxidation sites excluding steroid dienone is 1. The van der Waals surface area contributed by atoms with Crippen molar-refractivity contribution in [2.75, 3.05) is 13.2 Å². The summed E-state index contributed by atoms with van der Waals surface area (Å²) in [6.07, 6.45) is 13.3. The van der Waals surface area contributed by atoms with Crippen LogP contribution < -0.4 is 5.73 Å². The molecular weight excluding hydrogens is 418 g/mol. The summed E-state index contributed by atoms with van der Waals surface area (Å²) < 4.78 is 0. The molecule has 5 saturated carbocycles. The van der Waals surface area contributed by atoms with Crippen LogP contribution in [0.4, 0.5) is 0 Å². The van der Waals surface area contributed by atoms with Gasteiger partial charge in [-0.2, -0.15) is 0 Å². The molecule has 5 fully saturated rings. The Morgan fingerprint density at radius 2 is 1.56 bits per heavy atom. The highest BCUT2D eigenvalue weighted by molar-refractivity contribution is 5.22. The number of rotatable bonds is 4. The zero-order valence-electron chi connectivity index (χ0n) is 22.8. The molecule has 3 heteroatoms. The van der Waals surface area contributed by atoms with Gasteiger partial charge in [0.05, 0.1) is 6.61 Å². The van der Waals surface area contributed by atoms with Gasteiger partial charge in [0.1, 0.15) is 0 Å². The number of nitrogens with two attached hydrogens (primary N) is 1. The number of aliphatic hydroxyl groups excluding tert-OH is 2. The third kappa shape index (κ3) is 2.93. The van der Waals surface area contributed by atoms with E-state index in [2.05, 4.69) is 41.2 Å². The zero-order chi connectivity index (χ0) is 24.7. The lowest BCUT2D eigenvalue weighted by molar-refractivity contribution is -0.244. The van der Waals surface area contributed by atoms with Crippen LogP contribution in [0.25, 0.3) is 0 Å². The summed E-state index contributed by atoms with van der Waals surface area (Å²) >= 11 is 0. The Morgan fingerprint density at radius 1 is 0.824 bits per heavy atom. The van der Waals surface area contributed by atoms with E-state index in [1.807, 2.05) is 0 Å². The van der Waals surface area contributed by atoms with Crippen molar-refractivity contribution in [3.8, 4) is 0 Å². The van der Waals surface area contributed by atoms with Crippen molar-refractivity contribution < 1.29 is 10.2 Å².